The maximum absolute atomic E-state index is 3.36. The van der Waals surface area contributed by atoms with Crippen LogP contribution in [0.15, 0.2) is 0 Å². The maximum atomic E-state index is 3.36. The van der Waals surface area contributed by atoms with Crippen LogP contribution in [-0.2, 0) is 26.1 Å². The Morgan fingerprint density at radius 2 is 1.50 bits per heavy atom. The molecule has 0 aliphatic carbocycles. The molecule has 0 atom stereocenters. The summed E-state index contributed by atoms with van der Waals surface area (Å²) in [5.41, 5.74) is 0. The molecule has 0 rings (SSSR count). The van der Waals surface area contributed by atoms with Crippen molar-refractivity contribution in [3.05, 3.63) is 0 Å². The van der Waals surface area contributed by atoms with Gasteiger partial charge in [-0.3, -0.25) is 0 Å². The van der Waals surface area contributed by atoms with Crippen LogP contribution in [0.25, 0.3) is 0 Å². The van der Waals surface area contributed by atoms with Gasteiger partial charge in [0.05, 0.1) is 0 Å². The van der Waals surface area contributed by atoms with Gasteiger partial charge in [-0.15, -0.1) is 0 Å². The molecule has 0 aromatic heterocycles. The Morgan fingerprint density at radius 1 is 1.33 bits per heavy atom. The van der Waals surface area contributed by atoms with Crippen molar-refractivity contribution in [2.24, 2.45) is 0 Å². The molecule has 0 saturated heterocycles. The van der Waals surface area contributed by atoms with Gasteiger partial charge in [0, 0.05) is 0 Å². The van der Waals surface area contributed by atoms with Crippen molar-refractivity contribution in [2.75, 3.05) is 0 Å². The zero-order valence-corrected chi connectivity index (χ0v) is 13.3. The average molecular weight is 466 g/mol. The van der Waals surface area contributed by atoms with E-state index in [0.717, 1.165) is 26.1 Å². The van der Waals surface area contributed by atoms with Gasteiger partial charge in [0.25, 0.3) is 0 Å². The van der Waals surface area contributed by atoms with Gasteiger partial charge >= 0.3 is 80.0 Å². The minimum absolute atomic E-state index is 0.0656. The quantitative estimate of drug-likeness (QED) is 0.381. The van der Waals surface area contributed by atoms with Gasteiger partial charge in [0.15, 0.2) is 0 Å². The van der Waals surface area contributed by atoms with E-state index in [0.29, 0.717) is 0 Å². The molecule has 0 unspecified atom stereocenters. The summed E-state index contributed by atoms with van der Waals surface area (Å²) in [6.45, 7) is 0. The summed E-state index contributed by atoms with van der Waals surface area (Å²) < 4.78 is 1.28. The summed E-state index contributed by atoms with van der Waals surface area (Å²) in [7, 11) is 0. The molecule has 0 aliphatic rings. The van der Waals surface area contributed by atoms with Gasteiger partial charge in [-0.05, 0) is 0 Å². The van der Waals surface area contributed by atoms with Crippen molar-refractivity contribution < 1.29 is 26.1 Å². The minimum atomic E-state index is 0.0656. The third-order valence-corrected chi connectivity index (χ3v) is 12.9. The molecular formula is C2H2Br3Hg. The molecule has 6 heavy (non-hydrogen) atoms. The average Bonchev–Trinajstić information content (AvgIpc) is 1.35. The molecule has 0 aromatic carbocycles. The second-order valence-electron chi connectivity index (χ2n) is 0.865. The summed E-state index contributed by atoms with van der Waals surface area (Å²) in [5.74, 6) is 0. The first-order valence-corrected chi connectivity index (χ1v) is 7.69. The molecule has 0 aromatic rings. The predicted molar refractivity (Wildman–Crippen MR) is 34.3 cm³/mol. The Hall–Kier alpha value is 2.38. The van der Waals surface area contributed by atoms with E-state index in [9.17, 15) is 0 Å². The second kappa shape index (κ2) is 3.41. The second-order valence-corrected chi connectivity index (χ2v) is 10.1. The van der Waals surface area contributed by atoms with Crippen molar-refractivity contribution in [3.8, 4) is 0 Å². The molecule has 33 valence electrons. The van der Waals surface area contributed by atoms with Gasteiger partial charge in [-0.25, -0.2) is 0 Å². The first kappa shape index (κ1) is 8.38. The third-order valence-electron chi connectivity index (χ3n) is 0.283. The third kappa shape index (κ3) is 6.38. The van der Waals surface area contributed by atoms with E-state index < -0.39 is 0 Å². The van der Waals surface area contributed by atoms with Crippen LogP contribution in [0.2, 0.25) is 3.93 Å². The van der Waals surface area contributed by atoms with E-state index >= 15 is 0 Å². The Labute approximate surface area is 78.8 Å². The Balaban J connectivity index is 3.17. The van der Waals surface area contributed by atoms with E-state index in [2.05, 4.69) is 47.8 Å². The monoisotopic (exact) mass is 465 g/mol. The van der Waals surface area contributed by atoms with Gasteiger partial charge in [-0.2, -0.15) is 0 Å². The van der Waals surface area contributed by atoms with Crippen LogP contribution < -0.4 is 0 Å². The standard InChI is InChI=1S/C2H2Br3.Hg/c1-2(3,4)5;/h1H2;. The normalized spacial score (nSPS) is 12.2. The molecule has 0 fully saturated rings. The molecule has 0 spiro atoms. The van der Waals surface area contributed by atoms with Crippen molar-refractivity contribution >= 4 is 47.8 Å². The van der Waals surface area contributed by atoms with Crippen LogP contribution in [0.5, 0.6) is 0 Å². The van der Waals surface area contributed by atoms with Crippen LogP contribution in [0.4, 0.5) is 0 Å². The van der Waals surface area contributed by atoms with Crippen LogP contribution in [0.3, 0.4) is 0 Å². The van der Waals surface area contributed by atoms with Gasteiger partial charge < -0.3 is 0 Å². The van der Waals surface area contributed by atoms with Gasteiger partial charge in [0.2, 0.25) is 0 Å². The van der Waals surface area contributed by atoms with Crippen molar-refractivity contribution in [3.63, 3.8) is 0 Å². The SMILES string of the molecule is BrC(Br)(Br)[CH2][Hg]. The number of hydrogen-bond donors (Lipinski definition) is 0. The predicted octanol–water partition coefficient (Wildman–Crippen LogP) is 2.79. The fourth-order valence-electron chi connectivity index (χ4n) is 0. The van der Waals surface area contributed by atoms with E-state index in [4.69, 9.17) is 0 Å². The first-order valence-electron chi connectivity index (χ1n) is 1.42. The molecule has 4 heteroatoms. The Bertz CT molecular complexity index is 38.5. The molecule has 0 radical (unpaired) electrons. The van der Waals surface area contributed by atoms with E-state index in [1.54, 1.807) is 0 Å². The number of rotatable bonds is 0. The van der Waals surface area contributed by atoms with Crippen LogP contribution in [0.1, 0.15) is 0 Å². The molecule has 0 aliphatic heterocycles. The summed E-state index contributed by atoms with van der Waals surface area (Å²) in [4.78, 5) is 0. The van der Waals surface area contributed by atoms with E-state index in [-0.39, 0.29) is 2.14 Å². The molecular weight excluding hydrogens is 464 g/mol. The molecule has 0 amide bonds. The van der Waals surface area contributed by atoms with Crippen LogP contribution in [-0.4, -0.2) is 2.14 Å². The van der Waals surface area contributed by atoms with Crippen molar-refractivity contribution in [1.82, 2.24) is 0 Å². The number of alkyl halides is 3. The summed E-state index contributed by atoms with van der Waals surface area (Å²) in [6.07, 6.45) is 0. The zero-order chi connectivity index (χ0) is 5.21. The molecule has 0 bridgehead atoms. The van der Waals surface area contributed by atoms with Crippen LogP contribution in [0, 0.1) is 0 Å². The fraction of sp³-hybridized carbons (Fsp3) is 1.00. The van der Waals surface area contributed by atoms with Gasteiger partial charge in [0.1, 0.15) is 0 Å². The zero-order valence-electron chi connectivity index (χ0n) is 3.05. The summed E-state index contributed by atoms with van der Waals surface area (Å²) in [5, 5.41) is 0. The van der Waals surface area contributed by atoms with Gasteiger partial charge in [-0.1, -0.05) is 0 Å². The fourth-order valence-corrected chi connectivity index (χ4v) is 0. The van der Waals surface area contributed by atoms with Crippen molar-refractivity contribution in [1.29, 1.82) is 0 Å². The van der Waals surface area contributed by atoms with Crippen molar-refractivity contribution in [2.45, 2.75) is 6.07 Å². The Morgan fingerprint density at radius 3 is 1.50 bits per heavy atom. The molecule has 0 heterocycles. The topological polar surface area (TPSA) is 0 Å². The summed E-state index contributed by atoms with van der Waals surface area (Å²) in [6, 6.07) is 0. The molecule has 0 nitrogen and oxygen atoms in total. The molecule has 0 saturated carbocycles. The number of hydrogen-bond acceptors (Lipinski definition) is 0. The molecule has 0 N–H and O–H groups in total. The number of halogens is 3. The first-order chi connectivity index (χ1) is 2.56. The Kier molecular flexibility index (Phi) is 4.76. The summed E-state index contributed by atoms with van der Waals surface area (Å²) >= 11 is 10.9. The van der Waals surface area contributed by atoms with E-state index in [1.165, 1.54) is 3.93 Å². The van der Waals surface area contributed by atoms with E-state index in [1.807, 2.05) is 0 Å². The van der Waals surface area contributed by atoms with Crippen LogP contribution >= 0.6 is 47.8 Å².